The summed E-state index contributed by atoms with van der Waals surface area (Å²) >= 11 is -2.33. The molecule has 1 aliphatic rings. The highest BCUT2D eigenvalue weighted by molar-refractivity contribution is 7.78. The van der Waals surface area contributed by atoms with E-state index in [0.717, 1.165) is 18.4 Å². The maximum Gasteiger partial charge on any atom is 0.275 e. The lowest BCUT2D eigenvalue weighted by Crippen LogP contribution is -2.27. The minimum absolute atomic E-state index is 0.392. The molecule has 1 unspecified atom stereocenters. The number of rotatable bonds is 5. The third-order valence-electron chi connectivity index (χ3n) is 3.57. The minimum atomic E-state index is -2.33. The Bertz CT molecular complexity index is 486. The first kappa shape index (κ1) is 15.2. The van der Waals surface area contributed by atoms with Gasteiger partial charge in [0.25, 0.3) is 5.91 Å². The molecular formula is C14H18NO4S-. The molecule has 1 aromatic rings. The maximum atomic E-state index is 12.1. The summed E-state index contributed by atoms with van der Waals surface area (Å²) in [6.45, 7) is 0. The molecule has 0 bridgehead atoms. The van der Waals surface area contributed by atoms with Crippen molar-refractivity contribution in [2.45, 2.75) is 38.0 Å². The molecule has 0 aromatic heterocycles. The van der Waals surface area contributed by atoms with Crippen LogP contribution in [0.1, 0.15) is 53.9 Å². The number of amides is 1. The van der Waals surface area contributed by atoms with Gasteiger partial charge in [0.05, 0.1) is 0 Å². The van der Waals surface area contributed by atoms with Crippen LogP contribution in [0.2, 0.25) is 0 Å². The molecule has 0 radical (unpaired) electrons. The number of carbonyl (C=O) groups is 1. The highest BCUT2D eigenvalue weighted by atomic mass is 32.2. The van der Waals surface area contributed by atoms with Gasteiger partial charge in [0.2, 0.25) is 0 Å². The summed E-state index contributed by atoms with van der Waals surface area (Å²) in [4.78, 5) is 16.7. The molecule has 6 heteroatoms. The Labute approximate surface area is 121 Å². The number of carbonyl (C=O) groups excluding carboxylic acids is 1. The number of hydroxylamine groups is 1. The molecule has 2 rings (SSSR count). The lowest BCUT2D eigenvalue weighted by atomic mass is 9.82. The Balaban J connectivity index is 2.06. The normalized spacial score (nSPS) is 17.6. The van der Waals surface area contributed by atoms with Gasteiger partial charge in [-0.1, -0.05) is 37.5 Å². The van der Waals surface area contributed by atoms with Gasteiger partial charge in [0, 0.05) is 5.56 Å². The Kier molecular flexibility index (Phi) is 5.70. The van der Waals surface area contributed by atoms with Gasteiger partial charge in [-0.15, -0.1) is 0 Å². The molecule has 0 saturated heterocycles. The quantitative estimate of drug-likeness (QED) is 0.667. The number of hydrogen-bond donors (Lipinski definition) is 1. The van der Waals surface area contributed by atoms with Crippen molar-refractivity contribution >= 4 is 17.0 Å². The number of hydrogen-bond acceptors (Lipinski definition) is 4. The molecule has 1 amide bonds. The van der Waals surface area contributed by atoms with Crippen molar-refractivity contribution < 1.29 is 18.4 Å². The molecule has 1 fully saturated rings. The van der Waals surface area contributed by atoms with E-state index in [1.807, 2.05) is 12.1 Å². The molecule has 0 heterocycles. The van der Waals surface area contributed by atoms with E-state index in [4.69, 9.17) is 0 Å². The van der Waals surface area contributed by atoms with Gasteiger partial charge in [-0.3, -0.25) is 13.8 Å². The van der Waals surface area contributed by atoms with Gasteiger partial charge in [0.15, 0.2) is 0 Å². The summed E-state index contributed by atoms with van der Waals surface area (Å²) in [6.07, 6.45) is 5.81. The maximum absolute atomic E-state index is 12.1. The van der Waals surface area contributed by atoms with Crippen LogP contribution >= 0.6 is 0 Å². The monoisotopic (exact) mass is 296 g/mol. The second-order valence-corrected chi connectivity index (χ2v) is 5.76. The van der Waals surface area contributed by atoms with E-state index >= 15 is 0 Å². The van der Waals surface area contributed by atoms with E-state index in [-0.39, 0.29) is 0 Å². The fourth-order valence-electron chi connectivity index (χ4n) is 2.67. The lowest BCUT2D eigenvalue weighted by Gasteiger charge is -2.24. The predicted octanol–water partition coefficient (Wildman–Crippen LogP) is 2.23. The Hall–Kier alpha value is -1.24. The second-order valence-electron chi connectivity index (χ2n) is 4.92. The van der Waals surface area contributed by atoms with E-state index in [1.165, 1.54) is 19.3 Å². The fourth-order valence-corrected chi connectivity index (χ4v) is 2.83. The third kappa shape index (κ3) is 4.13. The van der Waals surface area contributed by atoms with Crippen molar-refractivity contribution in [3.63, 3.8) is 0 Å². The van der Waals surface area contributed by atoms with Crippen LogP contribution in [0.3, 0.4) is 0 Å². The summed E-state index contributed by atoms with van der Waals surface area (Å²) in [5.41, 5.74) is 3.77. The van der Waals surface area contributed by atoms with Crippen molar-refractivity contribution in [2.75, 3.05) is 5.94 Å². The van der Waals surface area contributed by atoms with Crippen molar-refractivity contribution in [2.24, 2.45) is 0 Å². The average Bonchev–Trinajstić information content (AvgIpc) is 2.47. The van der Waals surface area contributed by atoms with Crippen LogP contribution in [0.25, 0.3) is 0 Å². The van der Waals surface area contributed by atoms with E-state index in [2.05, 4.69) is 10.3 Å². The van der Waals surface area contributed by atoms with Gasteiger partial charge in [0.1, 0.15) is 5.94 Å². The largest absolute Gasteiger partial charge is 0.771 e. The molecule has 1 aliphatic carbocycles. The van der Waals surface area contributed by atoms with E-state index in [9.17, 15) is 13.6 Å². The average molecular weight is 296 g/mol. The van der Waals surface area contributed by atoms with Gasteiger partial charge >= 0.3 is 0 Å². The molecule has 110 valence electrons. The summed E-state index contributed by atoms with van der Waals surface area (Å²) in [6, 6.07) is 7.44. The molecule has 5 nitrogen and oxygen atoms in total. The van der Waals surface area contributed by atoms with Gasteiger partial charge in [-0.2, -0.15) is 0 Å². The van der Waals surface area contributed by atoms with Crippen LogP contribution in [-0.4, -0.2) is 20.6 Å². The van der Waals surface area contributed by atoms with Crippen molar-refractivity contribution in [3.05, 3.63) is 35.4 Å². The first-order valence-electron chi connectivity index (χ1n) is 6.75. The molecule has 1 atom stereocenters. The summed E-state index contributed by atoms with van der Waals surface area (Å²) in [7, 11) is 0. The number of benzene rings is 1. The summed E-state index contributed by atoms with van der Waals surface area (Å²) < 4.78 is 20.7. The van der Waals surface area contributed by atoms with Gasteiger partial charge < -0.3 is 4.55 Å². The highest BCUT2D eigenvalue weighted by Gasteiger charge is 2.21. The zero-order chi connectivity index (χ0) is 14.4. The fraction of sp³-hybridized carbons (Fsp3) is 0.500. The van der Waals surface area contributed by atoms with Crippen LogP contribution in [-0.2, 0) is 15.9 Å². The second kappa shape index (κ2) is 7.52. The first-order chi connectivity index (χ1) is 9.68. The molecule has 1 N–H and O–H groups in total. The van der Waals surface area contributed by atoms with Crippen LogP contribution in [0.15, 0.2) is 24.3 Å². The predicted molar refractivity (Wildman–Crippen MR) is 74.6 cm³/mol. The lowest BCUT2D eigenvalue weighted by molar-refractivity contribution is 0.0470. The topological polar surface area (TPSA) is 78.5 Å². The zero-order valence-electron chi connectivity index (χ0n) is 11.2. The molecule has 0 aliphatic heterocycles. The van der Waals surface area contributed by atoms with Crippen molar-refractivity contribution in [1.29, 1.82) is 0 Å². The van der Waals surface area contributed by atoms with Crippen LogP contribution < -0.4 is 5.48 Å². The molecular weight excluding hydrogens is 278 g/mol. The van der Waals surface area contributed by atoms with Crippen molar-refractivity contribution in [1.82, 2.24) is 5.48 Å². The van der Waals surface area contributed by atoms with E-state index < -0.39 is 22.9 Å². The number of nitrogens with one attached hydrogen (secondary N) is 1. The summed E-state index contributed by atoms with van der Waals surface area (Å²) in [5, 5.41) is 0. The van der Waals surface area contributed by atoms with Crippen LogP contribution in [0.5, 0.6) is 0 Å². The highest BCUT2D eigenvalue weighted by Crippen LogP contribution is 2.34. The van der Waals surface area contributed by atoms with Crippen molar-refractivity contribution in [3.8, 4) is 0 Å². The minimum Gasteiger partial charge on any atom is -0.771 e. The molecule has 20 heavy (non-hydrogen) atoms. The SMILES string of the molecule is O=C(NOCS(=O)[O-])c1ccccc1C1CCCCC1. The van der Waals surface area contributed by atoms with Gasteiger partial charge in [-0.05, 0) is 41.5 Å². The van der Waals surface area contributed by atoms with Crippen LogP contribution in [0, 0.1) is 0 Å². The Morgan fingerprint density at radius 3 is 2.70 bits per heavy atom. The van der Waals surface area contributed by atoms with E-state index in [1.54, 1.807) is 12.1 Å². The smallest absolute Gasteiger partial charge is 0.275 e. The third-order valence-corrected chi connectivity index (χ3v) is 3.88. The van der Waals surface area contributed by atoms with Crippen LogP contribution in [0.4, 0.5) is 0 Å². The van der Waals surface area contributed by atoms with E-state index in [0.29, 0.717) is 11.5 Å². The summed E-state index contributed by atoms with van der Waals surface area (Å²) in [5.74, 6) is -0.534. The van der Waals surface area contributed by atoms with Gasteiger partial charge in [-0.25, -0.2) is 5.48 Å². The Morgan fingerprint density at radius 2 is 2.00 bits per heavy atom. The first-order valence-corrected chi connectivity index (χ1v) is 8.00. The molecule has 1 aromatic carbocycles. The molecule has 1 saturated carbocycles. The Morgan fingerprint density at radius 1 is 1.30 bits per heavy atom. The standard InChI is InChI=1S/C14H19NO4S/c16-14(15-19-10-20(17)18)13-9-5-4-8-12(13)11-6-2-1-3-7-11/h4-5,8-9,11H,1-3,6-7,10H2,(H,15,16)(H,17,18)/p-1. The molecule has 0 spiro atoms. The zero-order valence-corrected chi connectivity index (χ0v) is 12.0.